The predicted octanol–water partition coefficient (Wildman–Crippen LogP) is 4.06. The van der Waals surface area contributed by atoms with Crippen LogP contribution in [0.25, 0.3) is 11.4 Å². The molecule has 0 spiro atoms. The largest absolute Gasteiger partial charge is 0.497 e. The van der Waals surface area contributed by atoms with Crippen molar-refractivity contribution in [2.75, 3.05) is 38.2 Å². The minimum absolute atomic E-state index is 0.680. The summed E-state index contributed by atoms with van der Waals surface area (Å²) in [6, 6.07) is 15.9. The molecular formula is C21H24ClN5OS. The summed E-state index contributed by atoms with van der Waals surface area (Å²) in [6.45, 7) is 4.40. The number of methoxy groups -OCH3 is 1. The van der Waals surface area contributed by atoms with Crippen LogP contribution in [-0.2, 0) is 13.7 Å². The van der Waals surface area contributed by atoms with Crippen molar-refractivity contribution in [1.82, 2.24) is 19.2 Å². The zero-order valence-electron chi connectivity index (χ0n) is 16.6. The van der Waals surface area contributed by atoms with E-state index in [1.54, 1.807) is 7.11 Å². The van der Waals surface area contributed by atoms with E-state index in [4.69, 9.17) is 33.7 Å². The number of para-hydroxylation sites is 1. The third-order valence-corrected chi connectivity index (χ3v) is 6.09. The van der Waals surface area contributed by atoms with Crippen LogP contribution in [0.5, 0.6) is 5.75 Å². The normalized spacial score (nSPS) is 14.9. The Hall–Kier alpha value is -2.35. The van der Waals surface area contributed by atoms with Gasteiger partial charge in [0.25, 0.3) is 0 Å². The summed E-state index contributed by atoms with van der Waals surface area (Å²) in [5, 5.41) is 5.58. The summed E-state index contributed by atoms with van der Waals surface area (Å²) >= 11 is 12.0. The van der Waals surface area contributed by atoms with Gasteiger partial charge in [-0.3, -0.25) is 4.90 Å². The molecule has 0 amide bonds. The molecule has 0 bridgehead atoms. The molecule has 0 saturated carbocycles. The lowest BCUT2D eigenvalue weighted by molar-refractivity contribution is 0.194. The van der Waals surface area contributed by atoms with Crippen molar-refractivity contribution in [3.8, 4) is 17.1 Å². The second-order valence-corrected chi connectivity index (χ2v) is 7.86. The molecule has 0 atom stereocenters. The van der Waals surface area contributed by atoms with E-state index < -0.39 is 0 Å². The van der Waals surface area contributed by atoms with Crippen LogP contribution in [0.2, 0.25) is 5.02 Å². The maximum absolute atomic E-state index is 6.35. The lowest BCUT2D eigenvalue weighted by Crippen LogP contribution is -2.47. The van der Waals surface area contributed by atoms with Crippen LogP contribution in [-0.4, -0.2) is 52.5 Å². The van der Waals surface area contributed by atoms with E-state index in [0.29, 0.717) is 11.4 Å². The Morgan fingerprint density at radius 1 is 1.03 bits per heavy atom. The molecule has 29 heavy (non-hydrogen) atoms. The fourth-order valence-electron chi connectivity index (χ4n) is 3.60. The van der Waals surface area contributed by atoms with E-state index in [1.807, 2.05) is 58.8 Å². The maximum Gasteiger partial charge on any atom is 0.199 e. The number of hydrogen-bond acceptors (Lipinski definition) is 5. The second kappa shape index (κ2) is 8.57. The maximum atomic E-state index is 6.35. The van der Waals surface area contributed by atoms with Gasteiger partial charge in [-0.15, -0.1) is 0 Å². The Morgan fingerprint density at radius 2 is 1.72 bits per heavy atom. The molecule has 152 valence electrons. The van der Waals surface area contributed by atoms with Crippen molar-refractivity contribution in [1.29, 1.82) is 0 Å². The fraction of sp³-hybridized carbons (Fsp3) is 0.333. The summed E-state index contributed by atoms with van der Waals surface area (Å²) < 4.78 is 9.81. The van der Waals surface area contributed by atoms with Crippen molar-refractivity contribution in [2.45, 2.75) is 6.67 Å². The molecule has 1 aromatic heterocycles. The van der Waals surface area contributed by atoms with Gasteiger partial charge in [-0.05, 0) is 48.6 Å². The van der Waals surface area contributed by atoms with Crippen LogP contribution in [0.15, 0.2) is 48.5 Å². The molecule has 1 aliphatic rings. The quantitative estimate of drug-likeness (QED) is 0.572. The SMILES string of the molecule is COc1ccc(-c2nn(CN3CCN(c4ccccc4Cl)CC3)c(=S)n2C)cc1. The van der Waals surface area contributed by atoms with Crippen molar-refractivity contribution in [3.05, 3.63) is 58.3 Å². The molecule has 6 nitrogen and oxygen atoms in total. The minimum Gasteiger partial charge on any atom is -0.497 e. The van der Waals surface area contributed by atoms with Crippen LogP contribution in [0.1, 0.15) is 0 Å². The van der Waals surface area contributed by atoms with Crippen LogP contribution in [0, 0.1) is 4.77 Å². The first-order valence-corrected chi connectivity index (χ1v) is 10.4. The molecule has 8 heteroatoms. The molecule has 1 saturated heterocycles. The van der Waals surface area contributed by atoms with Crippen molar-refractivity contribution < 1.29 is 4.74 Å². The lowest BCUT2D eigenvalue weighted by atomic mass is 10.2. The van der Waals surface area contributed by atoms with Gasteiger partial charge in [-0.25, -0.2) is 4.68 Å². The number of rotatable bonds is 5. The van der Waals surface area contributed by atoms with Crippen molar-refractivity contribution >= 4 is 29.5 Å². The number of halogens is 1. The fourth-order valence-corrected chi connectivity index (χ4v) is 4.04. The summed E-state index contributed by atoms with van der Waals surface area (Å²) in [4.78, 5) is 4.70. The summed E-state index contributed by atoms with van der Waals surface area (Å²) in [6.07, 6.45) is 0. The average Bonchev–Trinajstić information content (AvgIpc) is 3.03. The Labute approximate surface area is 180 Å². The highest BCUT2D eigenvalue weighted by atomic mass is 35.5. The van der Waals surface area contributed by atoms with Crippen LogP contribution < -0.4 is 9.64 Å². The van der Waals surface area contributed by atoms with Crippen LogP contribution >= 0.6 is 23.8 Å². The zero-order chi connectivity index (χ0) is 20.4. The number of aromatic nitrogens is 3. The smallest absolute Gasteiger partial charge is 0.199 e. The third-order valence-electron chi connectivity index (χ3n) is 5.29. The summed E-state index contributed by atoms with van der Waals surface area (Å²) in [7, 11) is 3.62. The highest BCUT2D eigenvalue weighted by molar-refractivity contribution is 7.71. The standard InChI is InChI=1S/C21H24ClN5OS/c1-24-20(16-7-9-17(28-2)10-8-16)23-27(21(24)29)15-25-11-13-26(14-12-25)19-6-4-3-5-18(19)22/h3-10H,11-15H2,1-2H3. The van der Waals surface area contributed by atoms with Gasteiger partial charge in [0.1, 0.15) is 5.75 Å². The number of piperazine rings is 1. The molecule has 3 aromatic rings. The van der Waals surface area contributed by atoms with Crippen LogP contribution in [0.3, 0.4) is 0 Å². The molecule has 0 N–H and O–H groups in total. The Kier molecular flexibility index (Phi) is 5.89. The van der Waals surface area contributed by atoms with Crippen molar-refractivity contribution in [3.63, 3.8) is 0 Å². The molecule has 2 aromatic carbocycles. The molecule has 1 fully saturated rings. The molecule has 0 radical (unpaired) electrons. The number of ether oxygens (including phenoxy) is 1. The van der Waals surface area contributed by atoms with E-state index in [2.05, 4.69) is 15.9 Å². The van der Waals surface area contributed by atoms with E-state index in [1.165, 1.54) is 0 Å². The van der Waals surface area contributed by atoms with Gasteiger partial charge >= 0.3 is 0 Å². The zero-order valence-corrected chi connectivity index (χ0v) is 18.2. The van der Waals surface area contributed by atoms with Gasteiger partial charge in [0, 0.05) is 38.8 Å². The highest BCUT2D eigenvalue weighted by Gasteiger charge is 2.20. The first-order chi connectivity index (χ1) is 14.1. The second-order valence-electron chi connectivity index (χ2n) is 7.09. The van der Waals surface area contributed by atoms with Gasteiger partial charge < -0.3 is 14.2 Å². The van der Waals surface area contributed by atoms with Crippen LogP contribution in [0.4, 0.5) is 5.69 Å². The minimum atomic E-state index is 0.680. The van der Waals surface area contributed by atoms with Gasteiger partial charge in [-0.2, -0.15) is 5.10 Å². The van der Waals surface area contributed by atoms with Gasteiger partial charge in [-0.1, -0.05) is 23.7 Å². The third kappa shape index (κ3) is 4.17. The molecule has 0 aliphatic carbocycles. The number of anilines is 1. The lowest BCUT2D eigenvalue weighted by Gasteiger charge is -2.36. The number of nitrogens with zero attached hydrogens (tertiary/aromatic N) is 5. The molecule has 4 rings (SSSR count). The van der Waals surface area contributed by atoms with Crippen molar-refractivity contribution in [2.24, 2.45) is 7.05 Å². The van der Waals surface area contributed by atoms with E-state index >= 15 is 0 Å². The predicted molar refractivity (Wildman–Crippen MR) is 119 cm³/mol. The first kappa shape index (κ1) is 19.9. The average molecular weight is 430 g/mol. The monoisotopic (exact) mass is 429 g/mol. The summed E-state index contributed by atoms with van der Waals surface area (Å²) in [5.74, 6) is 1.68. The first-order valence-electron chi connectivity index (χ1n) is 9.57. The highest BCUT2D eigenvalue weighted by Crippen LogP contribution is 2.26. The van der Waals surface area contributed by atoms with E-state index in [-0.39, 0.29) is 0 Å². The molecular weight excluding hydrogens is 406 g/mol. The Morgan fingerprint density at radius 3 is 2.38 bits per heavy atom. The summed E-state index contributed by atoms with van der Waals surface area (Å²) in [5.41, 5.74) is 2.12. The van der Waals surface area contributed by atoms with E-state index in [0.717, 1.165) is 54.0 Å². The van der Waals surface area contributed by atoms with E-state index in [9.17, 15) is 0 Å². The van der Waals surface area contributed by atoms with Gasteiger partial charge in [0.05, 0.1) is 24.5 Å². The molecule has 2 heterocycles. The number of hydrogen-bond donors (Lipinski definition) is 0. The van der Waals surface area contributed by atoms with Gasteiger partial charge in [0.2, 0.25) is 0 Å². The molecule has 0 unspecified atom stereocenters. The Balaban J connectivity index is 1.45. The number of benzene rings is 2. The molecule has 1 aliphatic heterocycles. The Bertz CT molecular complexity index is 1040. The topological polar surface area (TPSA) is 38.5 Å². The van der Waals surface area contributed by atoms with Gasteiger partial charge in [0.15, 0.2) is 10.6 Å².